The number of phenolic OH excluding ortho intramolecular Hbond substituents is 1. The standard InChI is InChI=1S/C10H14O.C2H4O2/c1-7(2)9-5-4-8(3)6-10(9)11;1-2(3)4/h4-7,11H,1-3H3;1H3,(H,3,4)/p-1. The number of rotatable bonds is 1. The summed E-state index contributed by atoms with van der Waals surface area (Å²) < 4.78 is 0. The van der Waals surface area contributed by atoms with Gasteiger partial charge in [-0.15, -0.1) is 0 Å². The van der Waals surface area contributed by atoms with Gasteiger partial charge in [-0.25, -0.2) is 0 Å². The molecule has 0 saturated heterocycles. The summed E-state index contributed by atoms with van der Waals surface area (Å²) >= 11 is 0. The van der Waals surface area contributed by atoms with Crippen molar-refractivity contribution in [2.75, 3.05) is 0 Å². The van der Waals surface area contributed by atoms with E-state index in [1.54, 1.807) is 6.07 Å². The SMILES string of the molecule is CC(=O)[O-].Cc1ccc(C(C)C)c(O)c1. The molecule has 0 saturated carbocycles. The van der Waals surface area contributed by atoms with E-state index in [0.717, 1.165) is 18.1 Å². The van der Waals surface area contributed by atoms with E-state index >= 15 is 0 Å². The van der Waals surface area contributed by atoms with Gasteiger partial charge in [-0.1, -0.05) is 26.0 Å². The van der Waals surface area contributed by atoms with Gasteiger partial charge < -0.3 is 15.0 Å². The van der Waals surface area contributed by atoms with Crippen molar-refractivity contribution < 1.29 is 15.0 Å². The van der Waals surface area contributed by atoms with Crippen molar-refractivity contribution >= 4 is 5.97 Å². The third-order valence-electron chi connectivity index (χ3n) is 1.81. The summed E-state index contributed by atoms with van der Waals surface area (Å²) in [4.78, 5) is 8.89. The molecule has 0 aromatic heterocycles. The minimum Gasteiger partial charge on any atom is -0.550 e. The van der Waals surface area contributed by atoms with Crippen LogP contribution in [0.25, 0.3) is 0 Å². The van der Waals surface area contributed by atoms with Crippen LogP contribution in [0.1, 0.15) is 37.8 Å². The number of aromatic hydroxyl groups is 1. The maximum absolute atomic E-state index is 9.46. The topological polar surface area (TPSA) is 60.4 Å². The molecule has 0 aliphatic carbocycles. The van der Waals surface area contributed by atoms with E-state index in [-0.39, 0.29) is 0 Å². The Hall–Kier alpha value is -1.51. The van der Waals surface area contributed by atoms with E-state index in [2.05, 4.69) is 13.8 Å². The Morgan fingerprint density at radius 1 is 1.40 bits per heavy atom. The van der Waals surface area contributed by atoms with Gasteiger partial charge in [-0.3, -0.25) is 0 Å². The van der Waals surface area contributed by atoms with Crippen LogP contribution in [0.5, 0.6) is 5.75 Å². The Labute approximate surface area is 90.4 Å². The van der Waals surface area contributed by atoms with Gasteiger partial charge in [0, 0.05) is 5.97 Å². The summed E-state index contributed by atoms with van der Waals surface area (Å²) in [6.45, 7) is 7.10. The molecule has 84 valence electrons. The first-order chi connectivity index (χ1) is 6.84. The molecule has 0 aliphatic heterocycles. The van der Waals surface area contributed by atoms with Gasteiger partial charge in [0.1, 0.15) is 5.75 Å². The van der Waals surface area contributed by atoms with Crippen LogP contribution in [0, 0.1) is 6.92 Å². The highest BCUT2D eigenvalue weighted by molar-refractivity contribution is 5.60. The number of carboxylic acids is 1. The van der Waals surface area contributed by atoms with Crippen LogP contribution in [-0.4, -0.2) is 11.1 Å². The molecule has 3 nitrogen and oxygen atoms in total. The van der Waals surface area contributed by atoms with Crippen LogP contribution < -0.4 is 5.11 Å². The lowest BCUT2D eigenvalue weighted by Crippen LogP contribution is -2.16. The summed E-state index contributed by atoms with van der Waals surface area (Å²) in [7, 11) is 0. The molecule has 1 rings (SSSR count). The fourth-order valence-corrected chi connectivity index (χ4v) is 1.14. The number of carbonyl (C=O) groups is 1. The van der Waals surface area contributed by atoms with Gasteiger partial charge in [0.2, 0.25) is 0 Å². The second-order valence-corrected chi connectivity index (χ2v) is 3.71. The van der Waals surface area contributed by atoms with Crippen molar-refractivity contribution in [3.63, 3.8) is 0 Å². The molecule has 0 aliphatic rings. The number of aryl methyl sites for hydroxylation is 1. The zero-order valence-corrected chi connectivity index (χ0v) is 9.57. The van der Waals surface area contributed by atoms with Crippen molar-refractivity contribution in [2.45, 2.75) is 33.6 Å². The molecule has 0 unspecified atom stereocenters. The molecule has 1 aromatic rings. The number of aliphatic carboxylic acids is 1. The van der Waals surface area contributed by atoms with E-state index < -0.39 is 5.97 Å². The van der Waals surface area contributed by atoms with Crippen LogP contribution in [-0.2, 0) is 4.79 Å². The van der Waals surface area contributed by atoms with E-state index in [1.165, 1.54) is 0 Å². The quantitative estimate of drug-likeness (QED) is 0.763. The normalized spacial score (nSPS) is 9.40. The predicted molar refractivity (Wildman–Crippen MR) is 57.6 cm³/mol. The molecule has 0 radical (unpaired) electrons. The molecule has 0 atom stereocenters. The molecule has 3 heteroatoms. The highest BCUT2D eigenvalue weighted by atomic mass is 16.4. The zero-order valence-electron chi connectivity index (χ0n) is 9.57. The number of hydrogen-bond acceptors (Lipinski definition) is 3. The Morgan fingerprint density at radius 2 is 1.87 bits per heavy atom. The minimum atomic E-state index is -1.08. The lowest BCUT2D eigenvalue weighted by atomic mass is 10.0. The van der Waals surface area contributed by atoms with Crippen molar-refractivity contribution in [2.24, 2.45) is 0 Å². The molecule has 0 amide bonds. The fourth-order valence-electron chi connectivity index (χ4n) is 1.14. The van der Waals surface area contributed by atoms with E-state index in [4.69, 9.17) is 9.90 Å². The number of phenols is 1. The average molecular weight is 209 g/mol. The molecule has 1 aromatic carbocycles. The van der Waals surface area contributed by atoms with E-state index in [1.807, 2.05) is 19.1 Å². The monoisotopic (exact) mass is 209 g/mol. The summed E-state index contributed by atoms with van der Waals surface area (Å²) in [5.74, 6) is -0.268. The average Bonchev–Trinajstić information content (AvgIpc) is 2.01. The van der Waals surface area contributed by atoms with Crippen LogP contribution in [0.4, 0.5) is 0 Å². The molecule has 0 bridgehead atoms. The highest BCUT2D eigenvalue weighted by Crippen LogP contribution is 2.25. The predicted octanol–water partition coefficient (Wildman–Crippen LogP) is 1.58. The van der Waals surface area contributed by atoms with Crippen LogP contribution in [0.3, 0.4) is 0 Å². The maximum Gasteiger partial charge on any atom is 0.119 e. The molecular formula is C12H17O3-. The summed E-state index contributed by atoms with van der Waals surface area (Å²) in [5, 5.41) is 18.4. The van der Waals surface area contributed by atoms with Gasteiger partial charge >= 0.3 is 0 Å². The van der Waals surface area contributed by atoms with Gasteiger partial charge in [0.15, 0.2) is 0 Å². The Bertz CT molecular complexity index is 326. The molecule has 0 heterocycles. The van der Waals surface area contributed by atoms with Crippen molar-refractivity contribution in [3.05, 3.63) is 29.3 Å². The van der Waals surface area contributed by atoms with Crippen molar-refractivity contribution in [1.82, 2.24) is 0 Å². The second-order valence-electron chi connectivity index (χ2n) is 3.71. The Morgan fingerprint density at radius 3 is 2.20 bits per heavy atom. The maximum atomic E-state index is 9.46. The minimum absolute atomic E-state index is 0.399. The zero-order chi connectivity index (χ0) is 12.0. The second kappa shape index (κ2) is 6.06. The highest BCUT2D eigenvalue weighted by Gasteiger charge is 2.03. The number of hydrogen-bond donors (Lipinski definition) is 1. The van der Waals surface area contributed by atoms with Gasteiger partial charge in [-0.2, -0.15) is 0 Å². The third kappa shape index (κ3) is 5.73. The van der Waals surface area contributed by atoms with E-state index in [0.29, 0.717) is 11.7 Å². The largest absolute Gasteiger partial charge is 0.550 e. The van der Waals surface area contributed by atoms with E-state index in [9.17, 15) is 5.11 Å². The van der Waals surface area contributed by atoms with Crippen LogP contribution in [0.15, 0.2) is 18.2 Å². The van der Waals surface area contributed by atoms with Crippen LogP contribution >= 0.6 is 0 Å². The molecule has 15 heavy (non-hydrogen) atoms. The summed E-state index contributed by atoms with van der Waals surface area (Å²) in [5.41, 5.74) is 2.13. The smallest absolute Gasteiger partial charge is 0.119 e. The summed E-state index contributed by atoms with van der Waals surface area (Å²) in [6, 6.07) is 5.81. The third-order valence-corrected chi connectivity index (χ3v) is 1.81. The molecular weight excluding hydrogens is 192 g/mol. The first kappa shape index (κ1) is 13.5. The first-order valence-electron chi connectivity index (χ1n) is 4.81. The fraction of sp³-hybridized carbons (Fsp3) is 0.417. The van der Waals surface area contributed by atoms with Gasteiger partial charge in [0.05, 0.1) is 0 Å². The lowest BCUT2D eigenvalue weighted by molar-refractivity contribution is -0.302. The van der Waals surface area contributed by atoms with Crippen molar-refractivity contribution in [1.29, 1.82) is 0 Å². The number of carboxylic acid groups (broad SMARTS) is 1. The number of benzene rings is 1. The summed E-state index contributed by atoms with van der Waals surface area (Å²) in [6.07, 6.45) is 0. The molecule has 1 N–H and O–H groups in total. The lowest BCUT2D eigenvalue weighted by Gasteiger charge is -2.07. The molecule has 0 spiro atoms. The Kier molecular flexibility index (Phi) is 5.45. The van der Waals surface area contributed by atoms with Gasteiger partial charge in [0.25, 0.3) is 0 Å². The van der Waals surface area contributed by atoms with Crippen molar-refractivity contribution in [3.8, 4) is 5.75 Å². The number of carbonyl (C=O) groups excluding carboxylic acids is 1. The van der Waals surface area contributed by atoms with Gasteiger partial charge in [-0.05, 0) is 37.0 Å². The van der Waals surface area contributed by atoms with Crippen LogP contribution in [0.2, 0.25) is 0 Å². The molecule has 0 fully saturated rings. The first-order valence-corrected chi connectivity index (χ1v) is 4.81. The Balaban J connectivity index is 0.000000423.